The van der Waals surface area contributed by atoms with Crippen molar-refractivity contribution in [1.29, 1.82) is 0 Å². The minimum atomic E-state index is -0.800. The van der Waals surface area contributed by atoms with E-state index in [2.05, 4.69) is 20.9 Å². The van der Waals surface area contributed by atoms with Gasteiger partial charge in [0.05, 0.1) is 41.7 Å². The van der Waals surface area contributed by atoms with E-state index in [1.54, 1.807) is 39.2 Å². The predicted molar refractivity (Wildman–Crippen MR) is 179 cm³/mol. The summed E-state index contributed by atoms with van der Waals surface area (Å²) in [4.78, 5) is 32.7. The fourth-order valence-electron chi connectivity index (χ4n) is 5.01. The second-order valence-corrected chi connectivity index (χ2v) is 12.8. The lowest BCUT2D eigenvalue weighted by molar-refractivity contribution is -0.139. The minimum absolute atomic E-state index is 0.0722. The maximum Gasteiger partial charge on any atom is 0.338 e. The molecule has 0 unspecified atom stereocenters. The molecular formula is C34H32BrClN2O6S. The Kier molecular flexibility index (Phi) is 10.2. The van der Waals surface area contributed by atoms with Crippen LogP contribution >= 0.6 is 38.9 Å². The van der Waals surface area contributed by atoms with Crippen LogP contribution in [-0.2, 0) is 16.1 Å². The molecule has 1 aromatic heterocycles. The van der Waals surface area contributed by atoms with Crippen molar-refractivity contribution in [3.05, 3.63) is 118 Å². The highest BCUT2D eigenvalue weighted by molar-refractivity contribution is 9.10. The van der Waals surface area contributed by atoms with Gasteiger partial charge >= 0.3 is 5.97 Å². The number of aromatic nitrogens is 1. The molecule has 5 rings (SSSR count). The molecule has 4 aromatic rings. The molecule has 0 spiro atoms. The van der Waals surface area contributed by atoms with E-state index in [-0.39, 0.29) is 23.8 Å². The molecule has 8 nitrogen and oxygen atoms in total. The summed E-state index contributed by atoms with van der Waals surface area (Å²) in [5, 5.41) is 0.625. The van der Waals surface area contributed by atoms with Crippen molar-refractivity contribution in [2.24, 2.45) is 4.99 Å². The van der Waals surface area contributed by atoms with Crippen LogP contribution < -0.4 is 29.1 Å². The molecule has 234 valence electrons. The predicted octanol–water partition coefficient (Wildman–Crippen LogP) is 6.59. The van der Waals surface area contributed by atoms with Crippen LogP contribution in [0.15, 0.2) is 86.2 Å². The van der Waals surface area contributed by atoms with Crippen molar-refractivity contribution in [1.82, 2.24) is 4.57 Å². The Morgan fingerprint density at radius 1 is 1.11 bits per heavy atom. The van der Waals surface area contributed by atoms with Crippen molar-refractivity contribution < 1.29 is 23.7 Å². The Bertz CT molecular complexity index is 1970. The highest BCUT2D eigenvalue weighted by atomic mass is 79.9. The monoisotopic (exact) mass is 710 g/mol. The second kappa shape index (κ2) is 14.1. The maximum atomic E-state index is 14.2. The fourth-order valence-corrected chi connectivity index (χ4v) is 6.63. The van der Waals surface area contributed by atoms with E-state index in [0.29, 0.717) is 55.0 Å². The zero-order valence-corrected chi connectivity index (χ0v) is 28.6. The van der Waals surface area contributed by atoms with Crippen LogP contribution in [0.2, 0.25) is 5.02 Å². The Morgan fingerprint density at radius 3 is 2.60 bits per heavy atom. The first kappa shape index (κ1) is 32.5. The van der Waals surface area contributed by atoms with Crippen LogP contribution in [0.1, 0.15) is 50.4 Å². The molecule has 0 bridgehead atoms. The summed E-state index contributed by atoms with van der Waals surface area (Å²) in [6, 6.07) is 17.7. The van der Waals surface area contributed by atoms with Gasteiger partial charge in [-0.25, -0.2) is 9.79 Å². The lowest BCUT2D eigenvalue weighted by atomic mass is 9.95. The highest BCUT2D eigenvalue weighted by Crippen LogP contribution is 2.36. The molecule has 0 radical (unpaired) electrons. The van der Waals surface area contributed by atoms with E-state index < -0.39 is 12.0 Å². The Balaban J connectivity index is 1.64. The van der Waals surface area contributed by atoms with E-state index >= 15 is 0 Å². The average molecular weight is 712 g/mol. The van der Waals surface area contributed by atoms with Crippen molar-refractivity contribution in [2.45, 2.75) is 46.4 Å². The lowest BCUT2D eigenvalue weighted by Gasteiger charge is -2.25. The standard InChI is InChI=1S/C34H32BrClN2O6S/c1-6-42-33(40)30-20(4)37-34-38(31(30)22-10-12-27(44-19(2)3)28(16-22)41-5)32(39)29(45-34)17-23-15-24(35)11-13-26(23)43-18-21-8-7-9-25(36)14-21/h7-17,19,31H,6,18H2,1-5H3/b29-17+/t31-/m0/s1. The Morgan fingerprint density at radius 2 is 1.89 bits per heavy atom. The summed E-state index contributed by atoms with van der Waals surface area (Å²) in [6.07, 6.45) is 1.71. The highest BCUT2D eigenvalue weighted by Gasteiger charge is 2.34. The summed E-state index contributed by atoms with van der Waals surface area (Å²) < 4.78 is 25.9. The SMILES string of the molecule is CCOC(=O)C1=C(C)N=c2s/c(=C/c3cc(Br)ccc3OCc3cccc(Cl)c3)c(=O)n2[C@H]1c1ccc(OC(C)C)c(OC)c1. The number of rotatable bonds is 10. The number of hydrogen-bond acceptors (Lipinski definition) is 8. The third kappa shape index (κ3) is 7.19. The van der Waals surface area contributed by atoms with Crippen LogP contribution in [0, 0.1) is 0 Å². The molecule has 0 aliphatic carbocycles. The van der Waals surface area contributed by atoms with Gasteiger partial charge in [0.15, 0.2) is 16.3 Å². The van der Waals surface area contributed by atoms with Gasteiger partial charge in [-0.3, -0.25) is 9.36 Å². The smallest absolute Gasteiger partial charge is 0.338 e. The molecule has 3 aromatic carbocycles. The van der Waals surface area contributed by atoms with Gasteiger partial charge in [0.25, 0.3) is 5.56 Å². The van der Waals surface area contributed by atoms with Crippen molar-refractivity contribution >= 4 is 50.9 Å². The van der Waals surface area contributed by atoms with Gasteiger partial charge in [-0.15, -0.1) is 0 Å². The third-order valence-corrected chi connectivity index (χ3v) is 8.64. The molecule has 0 N–H and O–H groups in total. The summed E-state index contributed by atoms with van der Waals surface area (Å²) in [6.45, 7) is 7.82. The molecule has 1 atom stereocenters. The number of benzene rings is 3. The van der Waals surface area contributed by atoms with Gasteiger partial charge in [0.1, 0.15) is 12.4 Å². The lowest BCUT2D eigenvalue weighted by Crippen LogP contribution is -2.40. The zero-order valence-electron chi connectivity index (χ0n) is 25.4. The maximum absolute atomic E-state index is 14.2. The molecule has 2 heterocycles. The molecule has 0 saturated carbocycles. The van der Waals surface area contributed by atoms with Crippen LogP contribution in [0.3, 0.4) is 0 Å². The number of hydrogen-bond donors (Lipinski definition) is 0. The van der Waals surface area contributed by atoms with E-state index in [4.69, 9.17) is 30.5 Å². The minimum Gasteiger partial charge on any atom is -0.493 e. The Labute approximate surface area is 278 Å². The van der Waals surface area contributed by atoms with Crippen LogP contribution in [0.5, 0.6) is 17.2 Å². The van der Waals surface area contributed by atoms with Gasteiger partial charge in [0.2, 0.25) is 0 Å². The van der Waals surface area contributed by atoms with Crippen molar-refractivity contribution in [3.63, 3.8) is 0 Å². The van der Waals surface area contributed by atoms with Crippen molar-refractivity contribution in [3.8, 4) is 17.2 Å². The fraction of sp³-hybridized carbons (Fsp3) is 0.265. The number of thiazole rings is 1. The van der Waals surface area contributed by atoms with Gasteiger partial charge in [-0.2, -0.15) is 0 Å². The van der Waals surface area contributed by atoms with Gasteiger partial charge in [0, 0.05) is 15.1 Å². The average Bonchev–Trinajstić information content (AvgIpc) is 3.30. The van der Waals surface area contributed by atoms with Crippen LogP contribution in [0.25, 0.3) is 6.08 Å². The van der Waals surface area contributed by atoms with E-state index in [9.17, 15) is 9.59 Å². The summed E-state index contributed by atoms with van der Waals surface area (Å²) in [5.41, 5.74) is 2.72. The number of carbonyl (C=O) groups is 1. The zero-order chi connectivity index (χ0) is 32.2. The third-order valence-electron chi connectivity index (χ3n) is 6.92. The number of fused-ring (bicyclic) bond motifs is 1. The quantitative estimate of drug-likeness (QED) is 0.173. The number of ether oxygens (including phenoxy) is 4. The number of halogens is 2. The summed E-state index contributed by atoms with van der Waals surface area (Å²) in [5.74, 6) is 1.09. The number of methoxy groups -OCH3 is 1. The Hall–Kier alpha value is -3.86. The number of nitrogens with zero attached hydrogens (tertiary/aromatic N) is 2. The van der Waals surface area contributed by atoms with Crippen LogP contribution in [0.4, 0.5) is 0 Å². The molecule has 45 heavy (non-hydrogen) atoms. The number of esters is 1. The largest absolute Gasteiger partial charge is 0.493 e. The molecule has 0 amide bonds. The molecule has 0 fully saturated rings. The van der Waals surface area contributed by atoms with Gasteiger partial charge in [-0.1, -0.05) is 57.1 Å². The first-order valence-corrected chi connectivity index (χ1v) is 16.3. The summed E-state index contributed by atoms with van der Waals surface area (Å²) in [7, 11) is 1.55. The molecule has 1 aliphatic heterocycles. The topological polar surface area (TPSA) is 88.4 Å². The van der Waals surface area contributed by atoms with Gasteiger partial charge < -0.3 is 18.9 Å². The second-order valence-electron chi connectivity index (χ2n) is 10.5. The number of carbonyl (C=O) groups excluding carboxylic acids is 1. The molecule has 11 heteroatoms. The molecule has 0 saturated heterocycles. The van der Waals surface area contributed by atoms with Crippen LogP contribution in [-0.4, -0.2) is 30.4 Å². The van der Waals surface area contributed by atoms with E-state index in [0.717, 1.165) is 10.0 Å². The van der Waals surface area contributed by atoms with Gasteiger partial charge in [-0.05, 0) is 87.4 Å². The molecular weight excluding hydrogens is 680 g/mol. The van der Waals surface area contributed by atoms with E-state index in [1.807, 2.05) is 62.4 Å². The van der Waals surface area contributed by atoms with E-state index in [1.165, 1.54) is 15.9 Å². The first-order valence-electron chi connectivity index (χ1n) is 14.3. The molecule has 1 aliphatic rings. The summed E-state index contributed by atoms with van der Waals surface area (Å²) >= 11 is 10.9. The number of allylic oxidation sites excluding steroid dienone is 1. The first-order chi connectivity index (χ1) is 21.6. The normalized spacial score (nSPS) is 14.7. The van der Waals surface area contributed by atoms with Crippen molar-refractivity contribution in [2.75, 3.05) is 13.7 Å².